The number of aliphatic hydroxyl groups excluding tert-OH is 1. The van der Waals surface area contributed by atoms with Gasteiger partial charge in [-0.2, -0.15) is 0 Å². The highest BCUT2D eigenvalue weighted by atomic mass is 35.5. The van der Waals surface area contributed by atoms with E-state index >= 15 is 0 Å². The molecule has 1 heterocycles. The molecule has 0 radical (unpaired) electrons. The Morgan fingerprint density at radius 3 is 2.87 bits per heavy atom. The number of hydrogen-bond acceptors (Lipinski definition) is 3. The van der Waals surface area contributed by atoms with Crippen LogP contribution in [0.3, 0.4) is 0 Å². The van der Waals surface area contributed by atoms with E-state index in [4.69, 9.17) is 16.7 Å². The summed E-state index contributed by atoms with van der Waals surface area (Å²) in [5.41, 5.74) is 0.721. The molecular weight excluding hydrogens is 212 g/mol. The second-order valence-electron chi connectivity index (χ2n) is 3.13. The van der Waals surface area contributed by atoms with Crippen molar-refractivity contribution in [3.8, 4) is 0 Å². The summed E-state index contributed by atoms with van der Waals surface area (Å²) in [6.45, 7) is 7.20. The minimum Gasteiger partial charge on any atom is -0.392 e. The highest BCUT2D eigenvalue weighted by Crippen LogP contribution is 2.23. The maximum Gasteiger partial charge on any atom is 0.147 e. The highest BCUT2D eigenvalue weighted by molar-refractivity contribution is 6.33. The second-order valence-corrected chi connectivity index (χ2v) is 3.54. The molecule has 4 heteroatoms. The van der Waals surface area contributed by atoms with Crippen LogP contribution in [-0.4, -0.2) is 23.2 Å². The lowest BCUT2D eigenvalue weighted by Gasteiger charge is -2.21. The van der Waals surface area contributed by atoms with E-state index in [1.165, 1.54) is 0 Å². The average molecular weight is 227 g/mol. The lowest BCUT2D eigenvalue weighted by Crippen LogP contribution is -2.23. The number of aromatic nitrogens is 1. The van der Waals surface area contributed by atoms with Gasteiger partial charge in [-0.05, 0) is 18.6 Å². The van der Waals surface area contributed by atoms with Crippen molar-refractivity contribution >= 4 is 17.4 Å². The van der Waals surface area contributed by atoms with Crippen LogP contribution in [0, 0.1) is 0 Å². The minimum atomic E-state index is -0.0411. The number of anilines is 1. The van der Waals surface area contributed by atoms with Crippen LogP contribution in [0.5, 0.6) is 0 Å². The van der Waals surface area contributed by atoms with Crippen LogP contribution in [0.4, 0.5) is 5.82 Å². The van der Waals surface area contributed by atoms with Gasteiger partial charge in [-0.25, -0.2) is 4.98 Å². The molecule has 82 valence electrons. The minimum absolute atomic E-state index is 0.0411. The number of aliphatic hydroxyl groups is 1. The van der Waals surface area contributed by atoms with E-state index in [9.17, 15) is 0 Å². The van der Waals surface area contributed by atoms with Gasteiger partial charge in [0.25, 0.3) is 0 Å². The van der Waals surface area contributed by atoms with Crippen LogP contribution in [0.2, 0.25) is 5.02 Å². The van der Waals surface area contributed by atoms with E-state index in [-0.39, 0.29) is 6.61 Å². The molecule has 1 N–H and O–H groups in total. The maximum absolute atomic E-state index is 8.92. The number of hydrogen-bond donors (Lipinski definition) is 1. The molecule has 0 aromatic carbocycles. The van der Waals surface area contributed by atoms with Crippen molar-refractivity contribution < 1.29 is 5.11 Å². The quantitative estimate of drug-likeness (QED) is 0.783. The number of rotatable bonds is 5. The highest BCUT2D eigenvalue weighted by Gasteiger charge is 2.09. The molecule has 0 bridgehead atoms. The first-order chi connectivity index (χ1) is 7.22. The zero-order chi connectivity index (χ0) is 11.3. The Balaban J connectivity index is 2.97. The van der Waals surface area contributed by atoms with Crippen LogP contribution in [0.15, 0.2) is 24.9 Å². The average Bonchev–Trinajstić information content (AvgIpc) is 2.26. The number of halogens is 1. The van der Waals surface area contributed by atoms with Gasteiger partial charge >= 0.3 is 0 Å². The van der Waals surface area contributed by atoms with E-state index in [1.54, 1.807) is 12.3 Å². The fraction of sp³-hybridized carbons (Fsp3) is 0.364. The maximum atomic E-state index is 8.92. The molecule has 1 rings (SSSR count). The first kappa shape index (κ1) is 12.0. The van der Waals surface area contributed by atoms with E-state index in [2.05, 4.69) is 11.6 Å². The van der Waals surface area contributed by atoms with Gasteiger partial charge in [-0.3, -0.25) is 0 Å². The Kier molecular flexibility index (Phi) is 4.59. The molecule has 0 aliphatic rings. The molecule has 1 aromatic heterocycles. The Hall–Kier alpha value is -1.06. The Morgan fingerprint density at radius 1 is 1.67 bits per heavy atom. The van der Waals surface area contributed by atoms with Gasteiger partial charge in [0, 0.05) is 19.3 Å². The first-order valence-electron chi connectivity index (χ1n) is 4.84. The van der Waals surface area contributed by atoms with Crippen molar-refractivity contribution in [2.45, 2.75) is 13.5 Å². The third-order valence-corrected chi connectivity index (χ3v) is 2.37. The third-order valence-electron chi connectivity index (χ3n) is 2.09. The molecule has 0 saturated carbocycles. The molecular formula is C11H15ClN2O. The van der Waals surface area contributed by atoms with Gasteiger partial charge in [-0.15, -0.1) is 6.58 Å². The topological polar surface area (TPSA) is 36.4 Å². The summed E-state index contributed by atoms with van der Waals surface area (Å²) in [4.78, 5) is 6.24. The van der Waals surface area contributed by atoms with Crippen molar-refractivity contribution in [1.29, 1.82) is 0 Å². The molecule has 0 saturated heterocycles. The Bertz CT molecular complexity index is 341. The molecule has 15 heavy (non-hydrogen) atoms. The van der Waals surface area contributed by atoms with Crippen molar-refractivity contribution in [2.75, 3.05) is 18.0 Å². The monoisotopic (exact) mass is 226 g/mol. The molecule has 0 aliphatic heterocycles. The van der Waals surface area contributed by atoms with Crippen molar-refractivity contribution in [3.63, 3.8) is 0 Å². The molecule has 0 spiro atoms. The van der Waals surface area contributed by atoms with E-state index in [0.717, 1.165) is 17.9 Å². The summed E-state index contributed by atoms with van der Waals surface area (Å²) in [6, 6.07) is 1.73. The normalized spacial score (nSPS) is 10.1. The fourth-order valence-electron chi connectivity index (χ4n) is 1.31. The molecule has 0 atom stereocenters. The van der Waals surface area contributed by atoms with Gasteiger partial charge in [-0.1, -0.05) is 17.7 Å². The molecule has 3 nitrogen and oxygen atoms in total. The fourth-order valence-corrected chi connectivity index (χ4v) is 1.62. The summed E-state index contributed by atoms with van der Waals surface area (Å²) in [7, 11) is 0. The predicted molar refractivity (Wildman–Crippen MR) is 63.3 cm³/mol. The zero-order valence-electron chi connectivity index (χ0n) is 8.78. The SMILES string of the molecule is C=CCN(CC)c1ncc(CO)cc1Cl. The molecule has 1 aromatic rings. The van der Waals surface area contributed by atoms with Gasteiger partial charge in [0.2, 0.25) is 0 Å². The van der Waals surface area contributed by atoms with Gasteiger partial charge in [0.1, 0.15) is 5.82 Å². The van der Waals surface area contributed by atoms with Crippen molar-refractivity contribution in [2.24, 2.45) is 0 Å². The third kappa shape index (κ3) is 2.94. The molecule has 0 unspecified atom stereocenters. The lowest BCUT2D eigenvalue weighted by atomic mass is 10.3. The van der Waals surface area contributed by atoms with Gasteiger partial charge < -0.3 is 10.0 Å². The lowest BCUT2D eigenvalue weighted by molar-refractivity contribution is 0.281. The van der Waals surface area contributed by atoms with E-state index < -0.39 is 0 Å². The summed E-state index contributed by atoms with van der Waals surface area (Å²) in [6.07, 6.45) is 3.44. The van der Waals surface area contributed by atoms with Gasteiger partial charge in [0.15, 0.2) is 0 Å². The van der Waals surface area contributed by atoms with Crippen LogP contribution >= 0.6 is 11.6 Å². The molecule has 0 fully saturated rings. The summed E-state index contributed by atoms with van der Waals surface area (Å²) in [5, 5.41) is 9.48. The van der Waals surface area contributed by atoms with Crippen LogP contribution in [0.1, 0.15) is 12.5 Å². The van der Waals surface area contributed by atoms with E-state index in [1.807, 2.05) is 17.9 Å². The second kappa shape index (κ2) is 5.73. The van der Waals surface area contributed by atoms with Crippen LogP contribution in [-0.2, 0) is 6.61 Å². The zero-order valence-corrected chi connectivity index (χ0v) is 9.54. The Labute approximate surface area is 95.0 Å². The summed E-state index contributed by atoms with van der Waals surface area (Å²) >= 11 is 6.07. The smallest absolute Gasteiger partial charge is 0.147 e. The standard InChI is InChI=1S/C11H15ClN2O/c1-3-5-14(4-2)11-10(12)6-9(8-15)7-13-11/h3,6-7,15H,1,4-5,8H2,2H3. The first-order valence-corrected chi connectivity index (χ1v) is 5.21. The van der Waals surface area contributed by atoms with Crippen molar-refractivity contribution in [3.05, 3.63) is 35.5 Å². The predicted octanol–water partition coefficient (Wildman–Crippen LogP) is 2.24. The summed E-state index contributed by atoms with van der Waals surface area (Å²) in [5.74, 6) is 0.733. The number of pyridine rings is 1. The van der Waals surface area contributed by atoms with Crippen LogP contribution in [0.25, 0.3) is 0 Å². The molecule has 0 aliphatic carbocycles. The number of likely N-dealkylation sites (N-methyl/N-ethyl adjacent to an activating group) is 1. The summed E-state index contributed by atoms with van der Waals surface area (Å²) < 4.78 is 0. The Morgan fingerprint density at radius 2 is 2.40 bits per heavy atom. The van der Waals surface area contributed by atoms with Gasteiger partial charge in [0.05, 0.1) is 11.6 Å². The largest absolute Gasteiger partial charge is 0.392 e. The van der Waals surface area contributed by atoms with Crippen LogP contribution < -0.4 is 4.90 Å². The van der Waals surface area contributed by atoms with E-state index in [0.29, 0.717) is 11.6 Å². The number of nitrogens with zero attached hydrogens (tertiary/aromatic N) is 2. The molecule has 0 amide bonds. The van der Waals surface area contributed by atoms with Crippen molar-refractivity contribution in [1.82, 2.24) is 4.98 Å².